The van der Waals surface area contributed by atoms with Gasteiger partial charge < -0.3 is 16.0 Å². The summed E-state index contributed by atoms with van der Waals surface area (Å²) >= 11 is 5.97. The number of carbonyl (C=O) groups excluding carboxylic acids is 2. The van der Waals surface area contributed by atoms with Crippen LogP contribution in [0.25, 0.3) is 0 Å². The van der Waals surface area contributed by atoms with Crippen molar-refractivity contribution in [1.82, 2.24) is 5.32 Å². The lowest BCUT2D eigenvalue weighted by molar-refractivity contribution is -0.129. The molecule has 1 heterocycles. The third kappa shape index (κ3) is 3.97. The molecule has 1 aliphatic carbocycles. The quantitative estimate of drug-likeness (QED) is 0.869. The number of amides is 2. The number of benzene rings is 1. The van der Waals surface area contributed by atoms with Crippen molar-refractivity contribution in [2.45, 2.75) is 37.8 Å². The zero-order valence-corrected chi connectivity index (χ0v) is 14.3. The van der Waals surface area contributed by atoms with Gasteiger partial charge in [-0.2, -0.15) is 0 Å². The molecule has 0 spiro atoms. The normalized spacial score (nSPS) is 27.0. The second-order valence-electron chi connectivity index (χ2n) is 6.09. The Morgan fingerprint density at radius 1 is 1.30 bits per heavy atom. The molecular weight excluding hydrogens is 337 g/mol. The minimum absolute atomic E-state index is 0. The lowest BCUT2D eigenvalue weighted by atomic mass is 10.1. The van der Waals surface area contributed by atoms with E-state index in [9.17, 15) is 9.59 Å². The van der Waals surface area contributed by atoms with E-state index in [1.807, 2.05) is 12.1 Å². The maximum Gasteiger partial charge on any atom is 0.249 e. The first-order valence-corrected chi connectivity index (χ1v) is 8.05. The summed E-state index contributed by atoms with van der Waals surface area (Å²) in [6.45, 7) is 0.592. The third-order valence-electron chi connectivity index (χ3n) is 4.49. The molecule has 2 aliphatic rings. The fourth-order valence-corrected chi connectivity index (χ4v) is 3.44. The number of carbonyl (C=O) groups is 2. The van der Waals surface area contributed by atoms with Gasteiger partial charge in [-0.05, 0) is 43.9 Å². The van der Waals surface area contributed by atoms with Crippen molar-refractivity contribution in [2.24, 2.45) is 11.7 Å². The molecule has 0 radical (unpaired) electrons. The first kappa shape index (κ1) is 18.0. The Hall–Kier alpha value is -1.30. The van der Waals surface area contributed by atoms with Crippen LogP contribution in [0, 0.1) is 5.92 Å². The molecular formula is C16H21Cl2N3O2. The number of rotatable bonds is 3. The highest BCUT2D eigenvalue weighted by Crippen LogP contribution is 2.27. The fourth-order valence-electron chi connectivity index (χ4n) is 3.26. The molecule has 3 atom stereocenters. The molecule has 1 saturated heterocycles. The Bertz CT molecular complexity index is 596. The average Bonchev–Trinajstić information content (AvgIpc) is 3.06. The lowest BCUT2D eigenvalue weighted by Gasteiger charge is -2.18. The number of nitrogens with one attached hydrogen (secondary N) is 1. The van der Waals surface area contributed by atoms with Crippen LogP contribution in [0.2, 0.25) is 5.02 Å². The molecule has 2 fully saturated rings. The van der Waals surface area contributed by atoms with Crippen LogP contribution in [0.4, 0.5) is 5.69 Å². The van der Waals surface area contributed by atoms with Crippen LogP contribution in [-0.2, 0) is 9.59 Å². The zero-order chi connectivity index (χ0) is 15.7. The molecule has 23 heavy (non-hydrogen) atoms. The van der Waals surface area contributed by atoms with Crippen molar-refractivity contribution >= 4 is 41.5 Å². The van der Waals surface area contributed by atoms with E-state index in [-0.39, 0.29) is 36.2 Å². The Morgan fingerprint density at radius 2 is 2.09 bits per heavy atom. The van der Waals surface area contributed by atoms with Crippen molar-refractivity contribution in [3.8, 4) is 0 Å². The Balaban J connectivity index is 0.00000192. The number of hydrogen-bond acceptors (Lipinski definition) is 3. The van der Waals surface area contributed by atoms with E-state index >= 15 is 0 Å². The molecule has 3 rings (SSSR count). The molecule has 1 aromatic carbocycles. The molecule has 0 bridgehead atoms. The predicted octanol–water partition coefficient (Wildman–Crippen LogP) is 2.11. The highest BCUT2D eigenvalue weighted by atomic mass is 35.5. The molecule has 3 unspecified atom stereocenters. The van der Waals surface area contributed by atoms with Gasteiger partial charge in [0.15, 0.2) is 0 Å². The van der Waals surface area contributed by atoms with E-state index in [1.54, 1.807) is 17.0 Å². The third-order valence-corrected chi connectivity index (χ3v) is 4.72. The van der Waals surface area contributed by atoms with Gasteiger partial charge in [0.2, 0.25) is 11.8 Å². The van der Waals surface area contributed by atoms with Gasteiger partial charge in [-0.15, -0.1) is 12.4 Å². The van der Waals surface area contributed by atoms with Crippen molar-refractivity contribution in [3.05, 3.63) is 29.3 Å². The summed E-state index contributed by atoms with van der Waals surface area (Å²) in [6.07, 6.45) is 3.03. The fraction of sp³-hybridized carbons (Fsp3) is 0.500. The highest BCUT2D eigenvalue weighted by molar-refractivity contribution is 6.31. The van der Waals surface area contributed by atoms with Gasteiger partial charge in [0.1, 0.15) is 6.04 Å². The smallest absolute Gasteiger partial charge is 0.249 e. The minimum Gasteiger partial charge on any atom is -0.344 e. The number of nitrogens with two attached hydrogens (primary N) is 1. The molecule has 3 N–H and O–H groups in total. The van der Waals surface area contributed by atoms with Gasteiger partial charge in [-0.25, -0.2) is 0 Å². The summed E-state index contributed by atoms with van der Waals surface area (Å²) in [5.74, 6) is -0.167. The lowest BCUT2D eigenvalue weighted by Crippen LogP contribution is -2.43. The highest BCUT2D eigenvalue weighted by Gasteiger charge is 2.36. The maximum absolute atomic E-state index is 12.5. The molecule has 2 amide bonds. The van der Waals surface area contributed by atoms with Gasteiger partial charge in [-0.1, -0.05) is 17.7 Å². The van der Waals surface area contributed by atoms with Crippen molar-refractivity contribution in [3.63, 3.8) is 0 Å². The van der Waals surface area contributed by atoms with Crippen LogP contribution in [0.15, 0.2) is 24.3 Å². The second kappa shape index (κ2) is 7.51. The van der Waals surface area contributed by atoms with Crippen LogP contribution in [-0.4, -0.2) is 30.4 Å². The standard InChI is InChI=1S/C16H20ClN3O2.ClH/c17-11-2-1-3-13(9-11)20-7-6-14(16(20)22)19-15(21)10-4-5-12(18)8-10;/h1-3,9-10,12,14H,4-8,18H2,(H,19,21);1H. The zero-order valence-electron chi connectivity index (χ0n) is 12.7. The molecule has 1 aliphatic heterocycles. The summed E-state index contributed by atoms with van der Waals surface area (Å²) in [4.78, 5) is 26.4. The number of hydrogen-bond donors (Lipinski definition) is 2. The summed E-state index contributed by atoms with van der Waals surface area (Å²) in [7, 11) is 0. The number of halogens is 2. The summed E-state index contributed by atoms with van der Waals surface area (Å²) in [6, 6.07) is 6.87. The van der Waals surface area contributed by atoms with Crippen LogP contribution < -0.4 is 16.0 Å². The van der Waals surface area contributed by atoms with Crippen LogP contribution in [0.1, 0.15) is 25.7 Å². The predicted molar refractivity (Wildman–Crippen MR) is 92.9 cm³/mol. The molecule has 126 valence electrons. The molecule has 1 saturated carbocycles. The molecule has 7 heteroatoms. The van der Waals surface area contributed by atoms with Gasteiger partial charge >= 0.3 is 0 Å². The van der Waals surface area contributed by atoms with Crippen molar-refractivity contribution < 1.29 is 9.59 Å². The van der Waals surface area contributed by atoms with Gasteiger partial charge in [0.05, 0.1) is 0 Å². The van der Waals surface area contributed by atoms with Crippen LogP contribution in [0.5, 0.6) is 0 Å². The second-order valence-corrected chi connectivity index (χ2v) is 6.53. The van der Waals surface area contributed by atoms with Gasteiger partial charge in [0.25, 0.3) is 0 Å². The van der Waals surface area contributed by atoms with Gasteiger partial charge in [-0.3, -0.25) is 9.59 Å². The number of anilines is 1. The Labute approximate surface area is 146 Å². The molecule has 5 nitrogen and oxygen atoms in total. The monoisotopic (exact) mass is 357 g/mol. The average molecular weight is 358 g/mol. The van der Waals surface area contributed by atoms with Crippen molar-refractivity contribution in [2.75, 3.05) is 11.4 Å². The largest absolute Gasteiger partial charge is 0.344 e. The Morgan fingerprint density at radius 3 is 2.74 bits per heavy atom. The SMILES string of the molecule is Cl.NC1CCC(C(=O)NC2CCN(c3cccc(Cl)c3)C2=O)C1. The number of nitrogens with zero attached hydrogens (tertiary/aromatic N) is 1. The van der Waals surface area contributed by atoms with E-state index in [1.165, 1.54) is 0 Å². The van der Waals surface area contributed by atoms with Crippen LogP contribution in [0.3, 0.4) is 0 Å². The van der Waals surface area contributed by atoms with E-state index < -0.39 is 6.04 Å². The van der Waals surface area contributed by atoms with Crippen LogP contribution >= 0.6 is 24.0 Å². The molecule has 0 aromatic heterocycles. The maximum atomic E-state index is 12.5. The molecule has 1 aromatic rings. The summed E-state index contributed by atoms with van der Waals surface area (Å²) in [5, 5.41) is 3.48. The Kier molecular flexibility index (Phi) is 5.89. The van der Waals surface area contributed by atoms with E-state index in [4.69, 9.17) is 17.3 Å². The topological polar surface area (TPSA) is 75.4 Å². The van der Waals surface area contributed by atoms with Gasteiger partial charge in [0, 0.05) is 29.2 Å². The minimum atomic E-state index is -0.441. The summed E-state index contributed by atoms with van der Waals surface area (Å²) in [5.41, 5.74) is 6.62. The van der Waals surface area contributed by atoms with E-state index in [2.05, 4.69) is 5.32 Å². The van der Waals surface area contributed by atoms with E-state index in [0.717, 1.165) is 18.5 Å². The van der Waals surface area contributed by atoms with E-state index in [0.29, 0.717) is 24.4 Å². The van der Waals surface area contributed by atoms with Crippen molar-refractivity contribution in [1.29, 1.82) is 0 Å². The summed E-state index contributed by atoms with van der Waals surface area (Å²) < 4.78 is 0. The first-order valence-electron chi connectivity index (χ1n) is 7.67. The first-order chi connectivity index (χ1) is 10.5.